The first-order valence-corrected chi connectivity index (χ1v) is 6.04. The number of anilines is 1. The Bertz CT molecular complexity index is 530. The summed E-state index contributed by atoms with van der Waals surface area (Å²) in [6, 6.07) is 5.58. The number of fused-ring (bicyclic) bond motifs is 1. The van der Waals surface area contributed by atoms with Crippen molar-refractivity contribution in [1.82, 2.24) is 9.88 Å². The van der Waals surface area contributed by atoms with Gasteiger partial charge in [0.1, 0.15) is 5.52 Å². The van der Waals surface area contributed by atoms with Gasteiger partial charge in [-0.05, 0) is 37.9 Å². The number of nitrogen functional groups attached to an aromatic ring is 1. The molecular formula is C13H17N3O. The molecule has 3 rings (SSSR count). The molecule has 2 aromatic rings. The van der Waals surface area contributed by atoms with E-state index < -0.39 is 0 Å². The number of nitrogens with zero attached hydrogens (tertiary/aromatic N) is 2. The number of hydrogen-bond acceptors (Lipinski definition) is 4. The van der Waals surface area contributed by atoms with E-state index in [0.717, 1.165) is 36.0 Å². The third-order valence-electron chi connectivity index (χ3n) is 3.13. The lowest BCUT2D eigenvalue weighted by atomic mass is 10.3. The van der Waals surface area contributed by atoms with Crippen molar-refractivity contribution < 1.29 is 4.42 Å². The van der Waals surface area contributed by atoms with Crippen molar-refractivity contribution in [2.75, 3.05) is 19.3 Å². The first-order valence-electron chi connectivity index (χ1n) is 6.04. The molecule has 1 fully saturated rings. The van der Waals surface area contributed by atoms with Gasteiger partial charge < -0.3 is 10.2 Å². The van der Waals surface area contributed by atoms with E-state index in [1.807, 2.05) is 18.2 Å². The quantitative estimate of drug-likeness (QED) is 0.820. The van der Waals surface area contributed by atoms with Crippen molar-refractivity contribution >= 4 is 16.8 Å². The predicted molar refractivity (Wildman–Crippen MR) is 67.5 cm³/mol. The maximum atomic E-state index is 5.71. The number of oxazole rings is 1. The minimum atomic E-state index is 0.714. The summed E-state index contributed by atoms with van der Waals surface area (Å²) in [5.41, 5.74) is 8.09. The van der Waals surface area contributed by atoms with Gasteiger partial charge in [-0.3, -0.25) is 4.90 Å². The van der Waals surface area contributed by atoms with Crippen LogP contribution in [0.4, 0.5) is 5.69 Å². The van der Waals surface area contributed by atoms with Crippen molar-refractivity contribution in [1.29, 1.82) is 0 Å². The Balaban J connectivity index is 1.75. The molecule has 0 amide bonds. The molecular weight excluding hydrogens is 214 g/mol. The molecule has 0 unspecified atom stereocenters. The molecule has 0 atom stereocenters. The van der Waals surface area contributed by atoms with E-state index in [9.17, 15) is 0 Å². The van der Waals surface area contributed by atoms with Crippen LogP contribution in [0.25, 0.3) is 11.1 Å². The molecule has 1 aliphatic carbocycles. The highest BCUT2D eigenvalue weighted by Crippen LogP contribution is 2.29. The Morgan fingerprint density at radius 2 is 2.29 bits per heavy atom. The Hall–Kier alpha value is -1.55. The maximum absolute atomic E-state index is 5.71. The summed E-state index contributed by atoms with van der Waals surface area (Å²) in [6.07, 6.45) is 2.74. The second-order valence-electron chi connectivity index (χ2n) is 4.97. The molecule has 0 spiro atoms. The summed E-state index contributed by atoms with van der Waals surface area (Å²) in [5, 5.41) is 0. The number of nitrogens with two attached hydrogens (primary N) is 1. The topological polar surface area (TPSA) is 55.3 Å². The summed E-state index contributed by atoms with van der Waals surface area (Å²) < 4.78 is 5.69. The average molecular weight is 231 g/mol. The third-order valence-corrected chi connectivity index (χ3v) is 3.13. The lowest BCUT2D eigenvalue weighted by Gasteiger charge is -2.12. The number of aromatic nitrogens is 1. The molecule has 1 aromatic carbocycles. The van der Waals surface area contributed by atoms with Gasteiger partial charge in [0.15, 0.2) is 5.58 Å². The molecule has 0 saturated heterocycles. The van der Waals surface area contributed by atoms with Gasteiger partial charge in [-0.2, -0.15) is 0 Å². The summed E-state index contributed by atoms with van der Waals surface area (Å²) in [4.78, 5) is 6.73. The summed E-state index contributed by atoms with van der Waals surface area (Å²) in [6.45, 7) is 1.91. The predicted octanol–water partition coefficient (Wildman–Crippen LogP) is 2.25. The zero-order valence-corrected chi connectivity index (χ0v) is 10.0. The minimum absolute atomic E-state index is 0.714. The SMILES string of the molecule is CN(Cc1nc2ccc(N)cc2o1)CC1CC1. The van der Waals surface area contributed by atoms with Crippen molar-refractivity contribution in [2.45, 2.75) is 19.4 Å². The van der Waals surface area contributed by atoms with Crippen LogP contribution in [0.15, 0.2) is 22.6 Å². The van der Waals surface area contributed by atoms with Crippen LogP contribution in [0.5, 0.6) is 0 Å². The fraction of sp³-hybridized carbons (Fsp3) is 0.462. The molecule has 1 aliphatic rings. The second kappa shape index (κ2) is 4.04. The molecule has 1 heterocycles. The van der Waals surface area contributed by atoms with E-state index in [1.54, 1.807) is 0 Å². The lowest BCUT2D eigenvalue weighted by Crippen LogP contribution is -2.20. The van der Waals surface area contributed by atoms with Gasteiger partial charge in [-0.15, -0.1) is 0 Å². The summed E-state index contributed by atoms with van der Waals surface area (Å²) in [7, 11) is 2.11. The highest BCUT2D eigenvalue weighted by atomic mass is 16.3. The zero-order valence-electron chi connectivity index (χ0n) is 10.0. The van der Waals surface area contributed by atoms with E-state index >= 15 is 0 Å². The van der Waals surface area contributed by atoms with E-state index in [2.05, 4.69) is 16.9 Å². The molecule has 90 valence electrons. The summed E-state index contributed by atoms with van der Waals surface area (Å²) in [5.74, 6) is 1.66. The molecule has 4 nitrogen and oxygen atoms in total. The molecule has 17 heavy (non-hydrogen) atoms. The monoisotopic (exact) mass is 231 g/mol. The number of benzene rings is 1. The van der Waals surface area contributed by atoms with Crippen LogP contribution >= 0.6 is 0 Å². The van der Waals surface area contributed by atoms with Gasteiger partial charge in [0.05, 0.1) is 6.54 Å². The standard InChI is InChI=1S/C13H17N3O/c1-16(7-9-2-3-9)8-13-15-11-5-4-10(14)6-12(11)17-13/h4-6,9H,2-3,7-8,14H2,1H3. The Morgan fingerprint density at radius 1 is 1.47 bits per heavy atom. The van der Waals surface area contributed by atoms with Gasteiger partial charge in [-0.25, -0.2) is 4.98 Å². The second-order valence-corrected chi connectivity index (χ2v) is 4.97. The summed E-state index contributed by atoms with van der Waals surface area (Å²) >= 11 is 0. The van der Waals surface area contributed by atoms with Gasteiger partial charge in [0.2, 0.25) is 5.89 Å². The smallest absolute Gasteiger partial charge is 0.209 e. The maximum Gasteiger partial charge on any atom is 0.209 e. The minimum Gasteiger partial charge on any atom is -0.439 e. The third kappa shape index (κ3) is 2.42. The van der Waals surface area contributed by atoms with Crippen LogP contribution in [-0.4, -0.2) is 23.5 Å². The Morgan fingerprint density at radius 3 is 3.06 bits per heavy atom. The molecule has 1 saturated carbocycles. The van der Waals surface area contributed by atoms with Crippen LogP contribution in [0.2, 0.25) is 0 Å². The Labute approximate surface area is 100 Å². The first-order chi connectivity index (χ1) is 8.20. The molecule has 0 radical (unpaired) electrons. The van der Waals surface area contributed by atoms with E-state index in [4.69, 9.17) is 10.2 Å². The number of rotatable bonds is 4. The normalized spacial score (nSPS) is 15.9. The van der Waals surface area contributed by atoms with Crippen molar-refractivity contribution in [3.05, 3.63) is 24.1 Å². The van der Waals surface area contributed by atoms with Crippen molar-refractivity contribution in [3.63, 3.8) is 0 Å². The van der Waals surface area contributed by atoms with Gasteiger partial charge in [-0.1, -0.05) is 0 Å². The largest absolute Gasteiger partial charge is 0.439 e. The zero-order chi connectivity index (χ0) is 11.8. The fourth-order valence-corrected chi connectivity index (χ4v) is 2.09. The van der Waals surface area contributed by atoms with Crippen LogP contribution in [0.1, 0.15) is 18.7 Å². The van der Waals surface area contributed by atoms with Gasteiger partial charge in [0, 0.05) is 18.3 Å². The molecule has 1 aromatic heterocycles. The van der Waals surface area contributed by atoms with Gasteiger partial charge >= 0.3 is 0 Å². The molecule has 4 heteroatoms. The molecule has 0 bridgehead atoms. The molecule has 0 aliphatic heterocycles. The van der Waals surface area contributed by atoms with Crippen molar-refractivity contribution in [3.8, 4) is 0 Å². The van der Waals surface area contributed by atoms with E-state index in [0.29, 0.717) is 5.69 Å². The van der Waals surface area contributed by atoms with E-state index in [-0.39, 0.29) is 0 Å². The van der Waals surface area contributed by atoms with Crippen molar-refractivity contribution in [2.24, 2.45) is 5.92 Å². The van der Waals surface area contributed by atoms with Gasteiger partial charge in [0.25, 0.3) is 0 Å². The highest BCUT2D eigenvalue weighted by molar-refractivity contribution is 5.76. The van der Waals surface area contributed by atoms with E-state index in [1.165, 1.54) is 12.8 Å². The van der Waals surface area contributed by atoms with Crippen LogP contribution in [-0.2, 0) is 6.54 Å². The average Bonchev–Trinajstić information content (AvgIpc) is 2.97. The molecule has 2 N–H and O–H groups in total. The fourth-order valence-electron chi connectivity index (χ4n) is 2.09. The Kier molecular flexibility index (Phi) is 2.52. The number of hydrogen-bond donors (Lipinski definition) is 1. The highest BCUT2D eigenvalue weighted by Gasteiger charge is 2.23. The first kappa shape index (κ1) is 10.6. The van der Waals surface area contributed by atoms with Crippen LogP contribution in [0.3, 0.4) is 0 Å². The van der Waals surface area contributed by atoms with Crippen LogP contribution in [0, 0.1) is 5.92 Å². The van der Waals surface area contributed by atoms with Crippen LogP contribution < -0.4 is 5.73 Å². The lowest BCUT2D eigenvalue weighted by molar-refractivity contribution is 0.282.